The van der Waals surface area contributed by atoms with Crippen molar-refractivity contribution < 1.29 is 4.74 Å². The lowest BCUT2D eigenvalue weighted by Crippen LogP contribution is -2.38. The number of hydrogen-bond acceptors (Lipinski definition) is 5. The number of aryl methyl sites for hydroxylation is 2. The van der Waals surface area contributed by atoms with Gasteiger partial charge in [0.25, 0.3) is 0 Å². The smallest absolute Gasteiger partial charge is 0.163 e. The van der Waals surface area contributed by atoms with Crippen molar-refractivity contribution in [2.24, 2.45) is 0 Å². The number of aromatic nitrogens is 3. The molecule has 0 radical (unpaired) electrons. The van der Waals surface area contributed by atoms with Crippen LogP contribution in [-0.2, 0) is 17.8 Å². The lowest BCUT2D eigenvalue weighted by molar-refractivity contribution is -0.0385. The lowest BCUT2D eigenvalue weighted by atomic mass is 10.2. The highest BCUT2D eigenvalue weighted by atomic mass is 32.1. The van der Waals surface area contributed by atoms with E-state index in [9.17, 15) is 0 Å². The molecule has 0 bridgehead atoms. The van der Waals surface area contributed by atoms with Gasteiger partial charge in [-0.3, -0.25) is 4.90 Å². The minimum absolute atomic E-state index is 0.0345. The third-order valence-electron chi connectivity index (χ3n) is 3.60. The van der Waals surface area contributed by atoms with Gasteiger partial charge in [0.15, 0.2) is 5.82 Å². The number of thiophene rings is 1. The summed E-state index contributed by atoms with van der Waals surface area (Å²) in [5.41, 5.74) is 0. The Balaban J connectivity index is 1.67. The zero-order valence-corrected chi connectivity index (χ0v) is 12.8. The maximum absolute atomic E-state index is 5.88. The van der Waals surface area contributed by atoms with Gasteiger partial charge >= 0.3 is 0 Å². The van der Waals surface area contributed by atoms with Crippen LogP contribution in [0.4, 0.5) is 0 Å². The molecule has 1 saturated heterocycles. The summed E-state index contributed by atoms with van der Waals surface area (Å²) < 4.78 is 7.94. The van der Waals surface area contributed by atoms with E-state index in [0.717, 1.165) is 38.6 Å². The van der Waals surface area contributed by atoms with Crippen LogP contribution in [0.5, 0.6) is 0 Å². The molecule has 1 fully saturated rings. The third kappa shape index (κ3) is 2.92. The molecule has 3 heterocycles. The van der Waals surface area contributed by atoms with Gasteiger partial charge in [-0.1, -0.05) is 0 Å². The van der Waals surface area contributed by atoms with Crippen LogP contribution in [0.25, 0.3) is 0 Å². The van der Waals surface area contributed by atoms with Crippen LogP contribution < -0.4 is 0 Å². The molecular weight excluding hydrogens is 272 g/mol. The van der Waals surface area contributed by atoms with Gasteiger partial charge in [0.1, 0.15) is 12.4 Å². The number of ether oxygens (including phenoxy) is 1. The fraction of sp³-hybridized carbons (Fsp3) is 0.571. The standard InChI is InChI=1S/C14H20N4OS/c1-3-18-10-15-16-14(18)13-9-17(6-7-19-13)8-12-5-4-11(2)20-12/h4-5,10,13H,3,6-9H2,1-2H3/t13-/m0/s1. The first-order valence-electron chi connectivity index (χ1n) is 7.03. The number of nitrogens with zero attached hydrogens (tertiary/aromatic N) is 4. The van der Waals surface area contributed by atoms with E-state index in [-0.39, 0.29) is 6.10 Å². The second-order valence-electron chi connectivity index (χ2n) is 5.08. The van der Waals surface area contributed by atoms with E-state index in [4.69, 9.17) is 4.74 Å². The van der Waals surface area contributed by atoms with Crippen molar-refractivity contribution in [2.45, 2.75) is 33.0 Å². The van der Waals surface area contributed by atoms with E-state index in [0.29, 0.717) is 0 Å². The zero-order valence-electron chi connectivity index (χ0n) is 12.0. The Kier molecular flexibility index (Phi) is 4.14. The maximum Gasteiger partial charge on any atom is 0.163 e. The fourth-order valence-corrected chi connectivity index (χ4v) is 3.48. The summed E-state index contributed by atoms with van der Waals surface area (Å²) in [5, 5.41) is 8.22. The Hall–Kier alpha value is -1.24. The molecule has 2 aromatic heterocycles. The van der Waals surface area contributed by atoms with Crippen LogP contribution in [0.1, 0.15) is 28.6 Å². The van der Waals surface area contributed by atoms with Crippen LogP contribution >= 0.6 is 11.3 Å². The average molecular weight is 292 g/mol. The predicted octanol–water partition coefficient (Wildman–Crippen LogP) is 2.24. The van der Waals surface area contributed by atoms with Crippen LogP contribution in [0.15, 0.2) is 18.5 Å². The van der Waals surface area contributed by atoms with Crippen LogP contribution in [0.2, 0.25) is 0 Å². The van der Waals surface area contributed by atoms with E-state index < -0.39 is 0 Å². The highest BCUT2D eigenvalue weighted by Crippen LogP contribution is 2.23. The van der Waals surface area contributed by atoms with Gasteiger partial charge in [0, 0.05) is 35.9 Å². The number of rotatable bonds is 4. The molecule has 1 aliphatic heterocycles. The number of morpholine rings is 1. The molecule has 1 atom stereocenters. The summed E-state index contributed by atoms with van der Waals surface area (Å²) in [6.45, 7) is 8.75. The van der Waals surface area contributed by atoms with Gasteiger partial charge in [-0.05, 0) is 26.0 Å². The van der Waals surface area contributed by atoms with Crippen LogP contribution in [-0.4, -0.2) is 39.4 Å². The molecule has 0 unspecified atom stereocenters. The Morgan fingerprint density at radius 1 is 1.45 bits per heavy atom. The summed E-state index contributed by atoms with van der Waals surface area (Å²) in [6, 6.07) is 4.41. The first-order valence-corrected chi connectivity index (χ1v) is 7.85. The average Bonchev–Trinajstić information content (AvgIpc) is 3.08. The Labute approximate surface area is 123 Å². The molecule has 1 aliphatic rings. The van der Waals surface area contributed by atoms with Gasteiger partial charge in [-0.25, -0.2) is 0 Å². The van der Waals surface area contributed by atoms with E-state index in [2.05, 4.69) is 45.6 Å². The molecule has 0 aromatic carbocycles. The molecular formula is C14H20N4OS. The molecule has 0 saturated carbocycles. The van der Waals surface area contributed by atoms with Gasteiger partial charge in [-0.15, -0.1) is 21.5 Å². The summed E-state index contributed by atoms with van der Waals surface area (Å²) in [6.07, 6.45) is 1.81. The third-order valence-corrected chi connectivity index (χ3v) is 4.59. The second kappa shape index (κ2) is 6.03. The van der Waals surface area contributed by atoms with Crippen molar-refractivity contribution >= 4 is 11.3 Å². The molecule has 0 amide bonds. The van der Waals surface area contributed by atoms with E-state index in [1.807, 2.05) is 11.3 Å². The largest absolute Gasteiger partial charge is 0.368 e. The molecule has 108 valence electrons. The van der Waals surface area contributed by atoms with Gasteiger partial charge in [0.05, 0.1) is 6.61 Å². The minimum Gasteiger partial charge on any atom is -0.368 e. The predicted molar refractivity (Wildman–Crippen MR) is 78.7 cm³/mol. The maximum atomic E-state index is 5.88. The quantitative estimate of drug-likeness (QED) is 0.867. The molecule has 20 heavy (non-hydrogen) atoms. The van der Waals surface area contributed by atoms with Crippen molar-refractivity contribution in [2.75, 3.05) is 19.7 Å². The Morgan fingerprint density at radius 2 is 2.35 bits per heavy atom. The van der Waals surface area contributed by atoms with Gasteiger partial charge < -0.3 is 9.30 Å². The molecule has 6 heteroatoms. The van der Waals surface area contributed by atoms with E-state index >= 15 is 0 Å². The minimum atomic E-state index is 0.0345. The summed E-state index contributed by atoms with van der Waals surface area (Å²) >= 11 is 1.87. The van der Waals surface area contributed by atoms with Gasteiger partial charge in [0.2, 0.25) is 0 Å². The topological polar surface area (TPSA) is 43.2 Å². The van der Waals surface area contributed by atoms with Gasteiger partial charge in [-0.2, -0.15) is 0 Å². The van der Waals surface area contributed by atoms with Crippen molar-refractivity contribution in [3.8, 4) is 0 Å². The Morgan fingerprint density at radius 3 is 3.10 bits per heavy atom. The summed E-state index contributed by atoms with van der Waals surface area (Å²) in [7, 11) is 0. The van der Waals surface area contributed by atoms with Crippen molar-refractivity contribution in [3.63, 3.8) is 0 Å². The molecule has 0 spiro atoms. The summed E-state index contributed by atoms with van der Waals surface area (Å²) in [5.74, 6) is 0.944. The molecule has 0 aliphatic carbocycles. The van der Waals surface area contributed by atoms with Crippen molar-refractivity contribution in [1.29, 1.82) is 0 Å². The van der Waals surface area contributed by atoms with E-state index in [1.54, 1.807) is 6.33 Å². The van der Waals surface area contributed by atoms with Crippen LogP contribution in [0.3, 0.4) is 0 Å². The van der Waals surface area contributed by atoms with Crippen molar-refractivity contribution in [3.05, 3.63) is 34.0 Å². The van der Waals surface area contributed by atoms with E-state index in [1.165, 1.54) is 9.75 Å². The first kappa shape index (κ1) is 13.7. The highest BCUT2D eigenvalue weighted by molar-refractivity contribution is 7.11. The Bertz CT molecular complexity index is 565. The fourth-order valence-electron chi connectivity index (χ4n) is 2.55. The molecule has 5 nitrogen and oxygen atoms in total. The van der Waals surface area contributed by atoms with Crippen molar-refractivity contribution in [1.82, 2.24) is 19.7 Å². The zero-order chi connectivity index (χ0) is 13.9. The lowest BCUT2D eigenvalue weighted by Gasteiger charge is -2.32. The number of hydrogen-bond donors (Lipinski definition) is 0. The normalized spacial score (nSPS) is 20.4. The summed E-state index contributed by atoms with van der Waals surface area (Å²) in [4.78, 5) is 5.23. The van der Waals surface area contributed by atoms with Crippen LogP contribution in [0, 0.1) is 6.92 Å². The second-order valence-corrected chi connectivity index (χ2v) is 6.45. The first-order chi connectivity index (χ1) is 9.76. The molecule has 3 rings (SSSR count). The molecule has 2 aromatic rings. The highest BCUT2D eigenvalue weighted by Gasteiger charge is 2.26. The molecule has 0 N–H and O–H groups in total. The SMILES string of the molecule is CCn1cnnc1[C@@H]1CN(Cc2ccc(C)s2)CCO1. The monoisotopic (exact) mass is 292 g/mol.